The van der Waals surface area contributed by atoms with Crippen molar-refractivity contribution in [2.75, 3.05) is 4.90 Å². The molecule has 0 aliphatic carbocycles. The molecule has 0 atom stereocenters. The third-order valence-electron chi connectivity index (χ3n) is 3.95. The van der Waals surface area contributed by atoms with E-state index in [-0.39, 0.29) is 5.91 Å². The van der Waals surface area contributed by atoms with Crippen LogP contribution in [0.2, 0.25) is 0 Å². The Kier molecular flexibility index (Phi) is 5.44. The predicted molar refractivity (Wildman–Crippen MR) is 103 cm³/mol. The molecule has 0 saturated heterocycles. The number of nitrogens with zero attached hydrogens (tertiary/aromatic N) is 2. The predicted octanol–water partition coefficient (Wildman–Crippen LogP) is 4.90. The summed E-state index contributed by atoms with van der Waals surface area (Å²) in [6, 6.07) is 19.1. The number of ether oxygens (including phenoxy) is 1. The largest absolute Gasteiger partial charge is 0.457 e. The first-order valence-electron chi connectivity index (χ1n) is 8.34. The molecule has 1 heterocycles. The van der Waals surface area contributed by atoms with Gasteiger partial charge in [-0.2, -0.15) is 0 Å². The standard InChI is InChI=1S/C22H20N2O2/c1-3-22(25)24(16-18-8-7-13-23-15-18)19-11-12-21(17(2)14-19)26-20-9-5-4-6-10-20/h3-15H,1,16H2,2H3. The number of carbonyl (C=O) groups excluding carboxylic acids is 1. The number of anilines is 1. The van der Waals surface area contributed by atoms with Gasteiger partial charge in [0.25, 0.3) is 5.91 Å². The molecule has 1 aromatic heterocycles. The smallest absolute Gasteiger partial charge is 0.250 e. The first-order chi connectivity index (χ1) is 12.7. The molecule has 0 spiro atoms. The highest BCUT2D eigenvalue weighted by Crippen LogP contribution is 2.29. The minimum absolute atomic E-state index is 0.162. The molecule has 26 heavy (non-hydrogen) atoms. The van der Waals surface area contributed by atoms with Crippen LogP contribution in [-0.4, -0.2) is 10.9 Å². The van der Waals surface area contributed by atoms with Gasteiger partial charge in [-0.1, -0.05) is 30.8 Å². The Morgan fingerprint density at radius 3 is 2.62 bits per heavy atom. The van der Waals surface area contributed by atoms with Gasteiger partial charge in [-0.25, -0.2) is 0 Å². The number of aromatic nitrogens is 1. The molecule has 0 fully saturated rings. The van der Waals surface area contributed by atoms with Crippen LogP contribution in [0.5, 0.6) is 11.5 Å². The average molecular weight is 344 g/mol. The molecule has 0 saturated carbocycles. The van der Waals surface area contributed by atoms with Gasteiger partial charge in [0.2, 0.25) is 0 Å². The Bertz CT molecular complexity index is 893. The fourth-order valence-electron chi connectivity index (χ4n) is 2.61. The summed E-state index contributed by atoms with van der Waals surface area (Å²) in [7, 11) is 0. The number of amides is 1. The molecule has 2 aromatic carbocycles. The molecule has 3 rings (SSSR count). The van der Waals surface area contributed by atoms with E-state index in [1.807, 2.05) is 67.6 Å². The van der Waals surface area contributed by atoms with Crippen molar-refractivity contribution >= 4 is 11.6 Å². The minimum Gasteiger partial charge on any atom is -0.457 e. The van der Waals surface area contributed by atoms with Crippen LogP contribution in [0.25, 0.3) is 0 Å². The molecule has 0 aliphatic heterocycles. The summed E-state index contributed by atoms with van der Waals surface area (Å²) < 4.78 is 5.92. The molecule has 3 aromatic rings. The molecule has 0 bridgehead atoms. The summed E-state index contributed by atoms with van der Waals surface area (Å²) in [5.41, 5.74) is 2.68. The van der Waals surface area contributed by atoms with Gasteiger partial charge in [0.05, 0.1) is 6.54 Å². The highest BCUT2D eigenvalue weighted by Gasteiger charge is 2.15. The second-order valence-corrected chi connectivity index (χ2v) is 5.85. The summed E-state index contributed by atoms with van der Waals surface area (Å²) >= 11 is 0. The third-order valence-corrected chi connectivity index (χ3v) is 3.95. The molecule has 0 unspecified atom stereocenters. The van der Waals surface area contributed by atoms with Crippen LogP contribution in [0, 0.1) is 6.92 Å². The number of rotatable bonds is 6. The maximum absolute atomic E-state index is 12.4. The fourth-order valence-corrected chi connectivity index (χ4v) is 2.61. The van der Waals surface area contributed by atoms with Gasteiger partial charge >= 0.3 is 0 Å². The summed E-state index contributed by atoms with van der Waals surface area (Å²) in [6.45, 7) is 6.00. The molecule has 130 valence electrons. The van der Waals surface area contributed by atoms with Crippen LogP contribution in [0.3, 0.4) is 0 Å². The van der Waals surface area contributed by atoms with Gasteiger partial charge in [0, 0.05) is 18.1 Å². The SMILES string of the molecule is C=CC(=O)N(Cc1cccnc1)c1ccc(Oc2ccccc2)c(C)c1. The van der Waals surface area contributed by atoms with Crippen molar-refractivity contribution in [3.63, 3.8) is 0 Å². The Morgan fingerprint density at radius 1 is 1.15 bits per heavy atom. The maximum atomic E-state index is 12.4. The van der Waals surface area contributed by atoms with Crippen LogP contribution in [0.4, 0.5) is 5.69 Å². The first kappa shape index (κ1) is 17.4. The fraction of sp³-hybridized carbons (Fsp3) is 0.0909. The molecular formula is C22H20N2O2. The van der Waals surface area contributed by atoms with Gasteiger partial charge in [-0.3, -0.25) is 9.78 Å². The van der Waals surface area contributed by atoms with Gasteiger partial charge in [-0.15, -0.1) is 0 Å². The van der Waals surface area contributed by atoms with Crippen LogP contribution in [0.1, 0.15) is 11.1 Å². The first-order valence-corrected chi connectivity index (χ1v) is 8.34. The topological polar surface area (TPSA) is 42.4 Å². The minimum atomic E-state index is -0.162. The number of carbonyl (C=O) groups is 1. The van der Waals surface area contributed by atoms with Crippen LogP contribution < -0.4 is 9.64 Å². The summed E-state index contributed by atoms with van der Waals surface area (Å²) in [6.07, 6.45) is 4.78. The molecule has 0 radical (unpaired) electrons. The van der Waals surface area contributed by atoms with Crippen molar-refractivity contribution in [1.82, 2.24) is 4.98 Å². The monoisotopic (exact) mass is 344 g/mol. The highest BCUT2D eigenvalue weighted by atomic mass is 16.5. The van der Waals surface area contributed by atoms with E-state index in [1.165, 1.54) is 6.08 Å². The molecule has 0 aliphatic rings. The van der Waals surface area contributed by atoms with E-state index in [2.05, 4.69) is 11.6 Å². The van der Waals surface area contributed by atoms with E-state index in [9.17, 15) is 4.79 Å². The van der Waals surface area contributed by atoms with Gasteiger partial charge in [-0.05, 0) is 60.5 Å². The van der Waals surface area contributed by atoms with Crippen molar-refractivity contribution in [2.24, 2.45) is 0 Å². The Hall–Kier alpha value is -3.40. The van der Waals surface area contributed by atoms with Crippen molar-refractivity contribution in [1.29, 1.82) is 0 Å². The van der Waals surface area contributed by atoms with E-state index >= 15 is 0 Å². The van der Waals surface area contributed by atoms with Gasteiger partial charge < -0.3 is 9.64 Å². The van der Waals surface area contributed by atoms with Crippen molar-refractivity contribution in [3.8, 4) is 11.5 Å². The number of hydrogen-bond donors (Lipinski definition) is 0. The summed E-state index contributed by atoms with van der Waals surface area (Å²) in [5.74, 6) is 1.37. The highest BCUT2D eigenvalue weighted by molar-refractivity contribution is 6.01. The van der Waals surface area contributed by atoms with Crippen LogP contribution in [-0.2, 0) is 11.3 Å². The second-order valence-electron chi connectivity index (χ2n) is 5.85. The normalized spacial score (nSPS) is 10.2. The lowest BCUT2D eigenvalue weighted by Gasteiger charge is -2.22. The molecule has 1 amide bonds. The lowest BCUT2D eigenvalue weighted by Crippen LogP contribution is -2.28. The van der Waals surface area contributed by atoms with E-state index in [4.69, 9.17) is 4.74 Å². The van der Waals surface area contributed by atoms with Crippen molar-refractivity contribution in [3.05, 3.63) is 96.8 Å². The Balaban J connectivity index is 1.86. The molecular weight excluding hydrogens is 324 g/mol. The Labute approximate surface area is 153 Å². The van der Waals surface area contributed by atoms with Crippen LogP contribution >= 0.6 is 0 Å². The summed E-state index contributed by atoms with van der Waals surface area (Å²) in [4.78, 5) is 18.1. The van der Waals surface area contributed by atoms with E-state index in [1.54, 1.807) is 17.3 Å². The maximum Gasteiger partial charge on any atom is 0.250 e. The average Bonchev–Trinajstić information content (AvgIpc) is 2.69. The van der Waals surface area contributed by atoms with E-state index in [0.29, 0.717) is 6.54 Å². The number of para-hydroxylation sites is 1. The molecule has 0 N–H and O–H groups in total. The number of hydrogen-bond acceptors (Lipinski definition) is 3. The van der Waals surface area contributed by atoms with Crippen molar-refractivity contribution in [2.45, 2.75) is 13.5 Å². The molecule has 4 nitrogen and oxygen atoms in total. The lowest BCUT2D eigenvalue weighted by molar-refractivity contribution is -0.114. The number of pyridine rings is 1. The van der Waals surface area contributed by atoms with Crippen LogP contribution in [0.15, 0.2) is 85.7 Å². The zero-order chi connectivity index (χ0) is 18.4. The number of aryl methyl sites for hydroxylation is 1. The summed E-state index contributed by atoms with van der Waals surface area (Å²) in [5, 5.41) is 0. The zero-order valence-electron chi connectivity index (χ0n) is 14.6. The van der Waals surface area contributed by atoms with Gasteiger partial charge in [0.1, 0.15) is 11.5 Å². The van der Waals surface area contributed by atoms with Gasteiger partial charge in [0.15, 0.2) is 0 Å². The lowest BCUT2D eigenvalue weighted by atomic mass is 10.1. The number of benzene rings is 2. The zero-order valence-corrected chi connectivity index (χ0v) is 14.6. The quantitative estimate of drug-likeness (QED) is 0.597. The molecule has 4 heteroatoms. The van der Waals surface area contributed by atoms with E-state index in [0.717, 1.165) is 28.3 Å². The Morgan fingerprint density at radius 2 is 1.96 bits per heavy atom. The van der Waals surface area contributed by atoms with Crippen molar-refractivity contribution < 1.29 is 9.53 Å². The van der Waals surface area contributed by atoms with E-state index < -0.39 is 0 Å². The second kappa shape index (κ2) is 8.12. The third kappa shape index (κ3) is 4.16.